The van der Waals surface area contributed by atoms with E-state index in [1.54, 1.807) is 17.0 Å². The average molecular weight is 333 g/mol. The number of carbonyl (C=O) groups excluding carboxylic acids is 2. The molecule has 1 aliphatic carbocycles. The highest BCUT2D eigenvalue weighted by Gasteiger charge is 2.38. The second kappa shape index (κ2) is 6.74. The molecule has 2 aliphatic rings. The van der Waals surface area contributed by atoms with E-state index in [9.17, 15) is 19.8 Å². The first-order valence-corrected chi connectivity index (χ1v) is 8.04. The van der Waals surface area contributed by atoms with Crippen LogP contribution >= 0.6 is 0 Å². The highest BCUT2D eigenvalue weighted by molar-refractivity contribution is 5.90. The van der Waals surface area contributed by atoms with Crippen molar-refractivity contribution < 1.29 is 19.8 Å². The summed E-state index contributed by atoms with van der Waals surface area (Å²) in [5.74, 6) is -0.310. The van der Waals surface area contributed by atoms with Crippen molar-refractivity contribution in [3.63, 3.8) is 0 Å². The monoisotopic (exact) mass is 333 g/mol. The summed E-state index contributed by atoms with van der Waals surface area (Å²) in [5.41, 5.74) is 5.32. The number of aromatic nitrogens is 1. The maximum atomic E-state index is 12.5. The van der Waals surface area contributed by atoms with Crippen LogP contribution in [-0.4, -0.2) is 70.3 Å². The Bertz CT molecular complexity index is 620. The van der Waals surface area contributed by atoms with E-state index in [2.05, 4.69) is 11.1 Å². The average Bonchev–Trinajstić information content (AvgIpc) is 2.93. The molecule has 1 aromatic heterocycles. The summed E-state index contributed by atoms with van der Waals surface area (Å²) in [5, 5.41) is 19.2. The number of aliphatic hydroxyl groups excluding tert-OH is 2. The summed E-state index contributed by atoms with van der Waals surface area (Å²) in [6, 6.07) is 6.07. The molecule has 3 rings (SSSR count). The Morgan fingerprint density at radius 1 is 1.17 bits per heavy atom. The van der Waals surface area contributed by atoms with Gasteiger partial charge in [0.05, 0.1) is 12.2 Å². The van der Waals surface area contributed by atoms with Gasteiger partial charge in [-0.1, -0.05) is 0 Å². The molecule has 2 atom stereocenters. The Kier molecular flexibility index (Phi) is 4.68. The van der Waals surface area contributed by atoms with E-state index < -0.39 is 18.1 Å². The van der Waals surface area contributed by atoms with Gasteiger partial charge in [0.25, 0.3) is 5.91 Å². The molecule has 2 amide bonds. The van der Waals surface area contributed by atoms with Gasteiger partial charge in [0, 0.05) is 38.2 Å². The SMILES string of the molecule is NC(=O)c1[c]ccc(N2CCN(C(=O)C3CC(O)C(O)C3)CC2)n1. The van der Waals surface area contributed by atoms with Crippen LogP contribution < -0.4 is 10.6 Å². The largest absolute Gasteiger partial charge is 0.390 e. The molecule has 1 saturated heterocycles. The Morgan fingerprint density at radius 2 is 1.79 bits per heavy atom. The Balaban J connectivity index is 1.59. The fraction of sp³-hybridized carbons (Fsp3) is 0.562. The van der Waals surface area contributed by atoms with Gasteiger partial charge in [0.2, 0.25) is 5.91 Å². The quantitative estimate of drug-likeness (QED) is 0.636. The lowest BCUT2D eigenvalue weighted by molar-refractivity contribution is -0.136. The van der Waals surface area contributed by atoms with Gasteiger partial charge < -0.3 is 25.7 Å². The van der Waals surface area contributed by atoms with Crippen molar-refractivity contribution in [2.75, 3.05) is 31.1 Å². The highest BCUT2D eigenvalue weighted by Crippen LogP contribution is 2.28. The molecule has 8 heteroatoms. The fourth-order valence-corrected chi connectivity index (χ4v) is 3.29. The number of hydrogen-bond acceptors (Lipinski definition) is 6. The summed E-state index contributed by atoms with van der Waals surface area (Å²) < 4.78 is 0. The number of pyridine rings is 1. The Morgan fingerprint density at radius 3 is 2.38 bits per heavy atom. The van der Waals surface area contributed by atoms with Crippen LogP contribution in [0.5, 0.6) is 0 Å². The lowest BCUT2D eigenvalue weighted by atomic mass is 10.1. The van der Waals surface area contributed by atoms with Crippen molar-refractivity contribution in [1.82, 2.24) is 9.88 Å². The molecule has 0 aromatic carbocycles. The van der Waals surface area contributed by atoms with Gasteiger partial charge in [0.15, 0.2) is 0 Å². The predicted octanol–water partition coefficient (Wildman–Crippen LogP) is -1.24. The third-order valence-electron chi connectivity index (χ3n) is 4.67. The number of aliphatic hydroxyl groups is 2. The zero-order valence-corrected chi connectivity index (χ0v) is 13.3. The van der Waals surface area contributed by atoms with E-state index >= 15 is 0 Å². The molecule has 24 heavy (non-hydrogen) atoms. The molecule has 1 saturated carbocycles. The smallest absolute Gasteiger partial charge is 0.268 e. The standard InChI is InChI=1S/C16H21N4O4/c17-15(23)11-2-1-3-14(18-11)19-4-6-20(7-5-19)16(24)10-8-12(21)13(22)9-10/h1,3,10,12-13,21-22H,4-9H2,(H2,17,23). The minimum atomic E-state index is -0.808. The van der Waals surface area contributed by atoms with Crippen molar-refractivity contribution >= 4 is 17.6 Å². The maximum Gasteiger partial charge on any atom is 0.268 e. The lowest BCUT2D eigenvalue weighted by Gasteiger charge is -2.36. The van der Waals surface area contributed by atoms with Crippen molar-refractivity contribution in [3.05, 3.63) is 23.9 Å². The van der Waals surface area contributed by atoms with Gasteiger partial charge in [-0.05, 0) is 25.0 Å². The third-order valence-corrected chi connectivity index (χ3v) is 4.67. The summed E-state index contributed by atoms with van der Waals surface area (Å²) in [7, 11) is 0. The number of hydrogen-bond donors (Lipinski definition) is 3. The van der Waals surface area contributed by atoms with Crippen molar-refractivity contribution in [3.8, 4) is 0 Å². The van der Waals surface area contributed by atoms with Crippen LogP contribution in [0.25, 0.3) is 0 Å². The van der Waals surface area contributed by atoms with Crippen LogP contribution in [0.3, 0.4) is 0 Å². The first-order valence-electron chi connectivity index (χ1n) is 8.04. The van der Waals surface area contributed by atoms with Gasteiger partial charge in [-0.25, -0.2) is 4.98 Å². The number of primary amides is 1. The normalized spacial score (nSPS) is 27.3. The van der Waals surface area contributed by atoms with Crippen LogP contribution in [0.2, 0.25) is 0 Å². The number of carbonyl (C=O) groups is 2. The van der Waals surface area contributed by atoms with Crippen LogP contribution in [-0.2, 0) is 4.79 Å². The molecular weight excluding hydrogens is 312 g/mol. The highest BCUT2D eigenvalue weighted by atomic mass is 16.3. The van der Waals surface area contributed by atoms with Crippen LogP contribution in [0.15, 0.2) is 12.1 Å². The van der Waals surface area contributed by atoms with Gasteiger partial charge in [0.1, 0.15) is 11.5 Å². The molecule has 4 N–H and O–H groups in total. The predicted molar refractivity (Wildman–Crippen MR) is 85.1 cm³/mol. The van der Waals surface area contributed by atoms with E-state index in [-0.39, 0.29) is 17.5 Å². The Hall–Kier alpha value is -2.19. The third kappa shape index (κ3) is 3.34. The van der Waals surface area contributed by atoms with E-state index in [0.717, 1.165) is 0 Å². The molecular formula is C16H21N4O4. The molecule has 0 bridgehead atoms. The molecule has 1 aromatic rings. The minimum absolute atomic E-state index is 0.0163. The summed E-state index contributed by atoms with van der Waals surface area (Å²) in [4.78, 5) is 31.6. The van der Waals surface area contributed by atoms with E-state index in [1.165, 1.54) is 0 Å². The van der Waals surface area contributed by atoms with Crippen LogP contribution in [0.4, 0.5) is 5.82 Å². The number of amides is 2. The number of piperazine rings is 1. The number of anilines is 1. The molecule has 1 radical (unpaired) electrons. The molecule has 0 spiro atoms. The van der Waals surface area contributed by atoms with Gasteiger partial charge in [-0.2, -0.15) is 0 Å². The van der Waals surface area contributed by atoms with Gasteiger partial charge in [-0.15, -0.1) is 0 Å². The molecule has 2 heterocycles. The maximum absolute atomic E-state index is 12.5. The van der Waals surface area contributed by atoms with Crippen LogP contribution in [0, 0.1) is 12.0 Å². The summed E-state index contributed by atoms with van der Waals surface area (Å²) in [6.07, 6.45) is -0.981. The minimum Gasteiger partial charge on any atom is -0.390 e. The number of nitrogens with two attached hydrogens (primary N) is 1. The number of nitrogens with zero attached hydrogens (tertiary/aromatic N) is 3. The first kappa shape index (κ1) is 16.7. The van der Waals surface area contributed by atoms with Gasteiger partial charge in [-0.3, -0.25) is 9.59 Å². The second-order valence-electron chi connectivity index (χ2n) is 6.28. The molecule has 129 valence electrons. The lowest BCUT2D eigenvalue weighted by Crippen LogP contribution is -2.50. The zero-order chi connectivity index (χ0) is 17.3. The topological polar surface area (TPSA) is 120 Å². The number of rotatable bonds is 3. The van der Waals surface area contributed by atoms with E-state index in [1.807, 2.05) is 4.90 Å². The second-order valence-corrected chi connectivity index (χ2v) is 6.28. The van der Waals surface area contributed by atoms with Gasteiger partial charge >= 0.3 is 0 Å². The molecule has 1 aliphatic heterocycles. The fourth-order valence-electron chi connectivity index (χ4n) is 3.29. The van der Waals surface area contributed by atoms with Crippen LogP contribution in [0.1, 0.15) is 23.3 Å². The Labute approximate surface area is 139 Å². The molecule has 2 fully saturated rings. The molecule has 8 nitrogen and oxygen atoms in total. The van der Waals surface area contributed by atoms with E-state index in [0.29, 0.717) is 44.8 Å². The zero-order valence-electron chi connectivity index (χ0n) is 13.3. The van der Waals surface area contributed by atoms with E-state index in [4.69, 9.17) is 5.73 Å². The summed E-state index contributed by atoms with van der Waals surface area (Å²) in [6.45, 7) is 2.26. The first-order chi connectivity index (χ1) is 11.5. The van der Waals surface area contributed by atoms with Crippen molar-refractivity contribution in [2.45, 2.75) is 25.0 Å². The van der Waals surface area contributed by atoms with Crippen molar-refractivity contribution in [1.29, 1.82) is 0 Å². The molecule has 2 unspecified atom stereocenters. The van der Waals surface area contributed by atoms with Crippen molar-refractivity contribution in [2.24, 2.45) is 11.7 Å². The summed E-state index contributed by atoms with van der Waals surface area (Å²) >= 11 is 0.